The summed E-state index contributed by atoms with van der Waals surface area (Å²) in [6, 6.07) is 22.5. The highest BCUT2D eigenvalue weighted by Gasteiger charge is 2.21. The second-order valence-corrected chi connectivity index (χ2v) is 7.42. The Morgan fingerprint density at radius 2 is 1.56 bits per heavy atom. The number of para-hydroxylation sites is 2. The van der Waals surface area contributed by atoms with Crippen LogP contribution in [0, 0.1) is 4.77 Å². The molecule has 3 aromatic carbocycles. The summed E-state index contributed by atoms with van der Waals surface area (Å²) in [5.74, 6) is 0.000507. The third-order valence-electron chi connectivity index (χ3n) is 4.64. The SMILES string of the molecule is COc1ccccc1-n1c(O)c(N=Nc2ccccc2)c(=O)n(-c2ccc(Cl)cc2)c1=S. The topological polar surface area (TPSA) is 81.1 Å². The van der Waals surface area contributed by atoms with Crippen LogP contribution in [0.5, 0.6) is 11.6 Å². The first-order valence-corrected chi connectivity index (χ1v) is 10.3. The Bertz CT molecular complexity index is 1410. The van der Waals surface area contributed by atoms with E-state index in [9.17, 15) is 9.90 Å². The number of hydrogen-bond donors (Lipinski definition) is 1. The Morgan fingerprint density at radius 1 is 0.906 bits per heavy atom. The summed E-state index contributed by atoms with van der Waals surface area (Å²) in [4.78, 5) is 13.4. The van der Waals surface area contributed by atoms with Crippen molar-refractivity contribution in [3.63, 3.8) is 0 Å². The number of azo groups is 1. The summed E-state index contributed by atoms with van der Waals surface area (Å²) >= 11 is 11.6. The van der Waals surface area contributed by atoms with Crippen LogP contribution in [0.3, 0.4) is 0 Å². The van der Waals surface area contributed by atoms with Gasteiger partial charge in [0.2, 0.25) is 11.6 Å². The molecule has 0 saturated carbocycles. The highest BCUT2D eigenvalue weighted by Crippen LogP contribution is 2.32. The van der Waals surface area contributed by atoms with Crippen molar-refractivity contribution < 1.29 is 9.84 Å². The van der Waals surface area contributed by atoms with Gasteiger partial charge in [0.1, 0.15) is 5.75 Å². The number of nitrogens with zero attached hydrogens (tertiary/aromatic N) is 4. The summed E-state index contributed by atoms with van der Waals surface area (Å²) < 4.78 is 8.04. The van der Waals surface area contributed by atoms with E-state index in [2.05, 4.69) is 10.2 Å². The molecular weight excluding hydrogens is 448 g/mol. The average molecular weight is 465 g/mol. The van der Waals surface area contributed by atoms with Gasteiger partial charge in [0, 0.05) is 5.02 Å². The standard InChI is InChI=1S/C23H17ClN4O3S/c1-31-19-10-6-5-9-18(19)28-22(30)20(26-25-16-7-3-2-4-8-16)21(29)27(23(28)32)17-13-11-15(24)12-14-17/h2-14,30H,1H3. The van der Waals surface area contributed by atoms with Crippen LogP contribution in [0.25, 0.3) is 11.4 Å². The lowest BCUT2D eigenvalue weighted by molar-refractivity contribution is 0.402. The summed E-state index contributed by atoms with van der Waals surface area (Å²) in [6.07, 6.45) is 0. The number of benzene rings is 3. The van der Waals surface area contributed by atoms with Crippen molar-refractivity contribution in [2.24, 2.45) is 10.2 Å². The third-order valence-corrected chi connectivity index (χ3v) is 5.26. The lowest BCUT2D eigenvalue weighted by Crippen LogP contribution is -2.23. The first-order valence-electron chi connectivity index (χ1n) is 9.48. The molecule has 9 heteroatoms. The predicted molar refractivity (Wildman–Crippen MR) is 126 cm³/mol. The monoisotopic (exact) mass is 464 g/mol. The molecule has 1 aromatic heterocycles. The molecule has 0 aliphatic heterocycles. The molecule has 0 aliphatic rings. The quantitative estimate of drug-likeness (QED) is 0.284. The molecule has 32 heavy (non-hydrogen) atoms. The van der Waals surface area contributed by atoms with Gasteiger partial charge in [-0.3, -0.25) is 13.9 Å². The van der Waals surface area contributed by atoms with Crippen molar-refractivity contribution in [3.05, 3.63) is 99.0 Å². The largest absolute Gasteiger partial charge is 0.495 e. The van der Waals surface area contributed by atoms with Crippen LogP contribution in [0.1, 0.15) is 0 Å². The maximum Gasteiger partial charge on any atom is 0.290 e. The number of ether oxygens (including phenoxy) is 1. The van der Waals surface area contributed by atoms with Gasteiger partial charge in [-0.05, 0) is 60.7 Å². The highest BCUT2D eigenvalue weighted by molar-refractivity contribution is 7.71. The van der Waals surface area contributed by atoms with Crippen LogP contribution >= 0.6 is 23.8 Å². The number of rotatable bonds is 5. The Labute approximate surface area is 193 Å². The van der Waals surface area contributed by atoms with Crippen LogP contribution in [0.2, 0.25) is 5.02 Å². The van der Waals surface area contributed by atoms with Gasteiger partial charge in [-0.2, -0.15) is 5.11 Å². The van der Waals surface area contributed by atoms with Gasteiger partial charge in [-0.25, -0.2) is 0 Å². The van der Waals surface area contributed by atoms with E-state index in [1.165, 1.54) is 16.2 Å². The van der Waals surface area contributed by atoms with Crippen molar-refractivity contribution in [1.82, 2.24) is 9.13 Å². The molecule has 0 radical (unpaired) electrons. The minimum absolute atomic E-state index is 0.0259. The number of hydrogen-bond acceptors (Lipinski definition) is 6. The highest BCUT2D eigenvalue weighted by atomic mass is 35.5. The Balaban J connectivity index is 2.05. The maximum absolute atomic E-state index is 13.4. The normalized spacial score (nSPS) is 11.1. The van der Waals surface area contributed by atoms with E-state index in [1.54, 1.807) is 72.8 Å². The zero-order chi connectivity index (χ0) is 22.7. The predicted octanol–water partition coefficient (Wildman–Crippen LogP) is 6.14. The fraction of sp³-hybridized carbons (Fsp3) is 0.0435. The Hall–Kier alpha value is -3.75. The summed E-state index contributed by atoms with van der Waals surface area (Å²) in [5, 5.41) is 19.8. The average Bonchev–Trinajstić information content (AvgIpc) is 2.81. The van der Waals surface area contributed by atoms with Crippen LogP contribution in [0.15, 0.2) is 93.9 Å². The van der Waals surface area contributed by atoms with Gasteiger partial charge in [-0.15, -0.1) is 5.11 Å². The first kappa shape index (κ1) is 21.5. The van der Waals surface area contributed by atoms with Crippen molar-refractivity contribution in [2.75, 3.05) is 7.11 Å². The maximum atomic E-state index is 13.4. The van der Waals surface area contributed by atoms with E-state index in [4.69, 9.17) is 28.6 Å². The lowest BCUT2D eigenvalue weighted by Gasteiger charge is -2.17. The Kier molecular flexibility index (Phi) is 6.16. The molecule has 0 unspecified atom stereocenters. The molecule has 4 rings (SSSR count). The van der Waals surface area contributed by atoms with E-state index in [0.29, 0.717) is 27.8 Å². The number of aromatic hydroxyl groups is 1. The summed E-state index contributed by atoms with van der Waals surface area (Å²) in [7, 11) is 1.50. The molecular formula is C23H17ClN4O3S. The molecule has 0 atom stereocenters. The molecule has 0 aliphatic carbocycles. The number of methoxy groups -OCH3 is 1. The molecule has 1 heterocycles. The molecule has 0 spiro atoms. The van der Waals surface area contributed by atoms with Gasteiger partial charge in [0.15, 0.2) is 4.77 Å². The lowest BCUT2D eigenvalue weighted by atomic mass is 10.2. The van der Waals surface area contributed by atoms with Gasteiger partial charge in [-0.1, -0.05) is 41.9 Å². The molecule has 0 saturated heterocycles. The van der Waals surface area contributed by atoms with Crippen LogP contribution < -0.4 is 10.3 Å². The molecule has 1 N–H and O–H groups in total. The number of halogens is 1. The van der Waals surface area contributed by atoms with Crippen LogP contribution in [0.4, 0.5) is 11.4 Å². The van der Waals surface area contributed by atoms with E-state index < -0.39 is 11.4 Å². The van der Waals surface area contributed by atoms with Gasteiger partial charge >= 0.3 is 0 Å². The zero-order valence-corrected chi connectivity index (χ0v) is 18.4. The van der Waals surface area contributed by atoms with Crippen molar-refractivity contribution in [2.45, 2.75) is 0 Å². The van der Waals surface area contributed by atoms with Crippen molar-refractivity contribution in [3.8, 4) is 23.0 Å². The van der Waals surface area contributed by atoms with E-state index in [0.717, 1.165) is 0 Å². The molecule has 0 fully saturated rings. The summed E-state index contributed by atoms with van der Waals surface area (Å²) in [6.45, 7) is 0. The fourth-order valence-corrected chi connectivity index (χ4v) is 3.62. The van der Waals surface area contributed by atoms with Gasteiger partial charge < -0.3 is 9.84 Å². The molecule has 160 valence electrons. The Morgan fingerprint density at radius 3 is 2.25 bits per heavy atom. The second-order valence-electron chi connectivity index (χ2n) is 6.61. The van der Waals surface area contributed by atoms with E-state index in [-0.39, 0.29) is 10.5 Å². The molecule has 4 aromatic rings. The van der Waals surface area contributed by atoms with Crippen LogP contribution in [-0.4, -0.2) is 21.4 Å². The van der Waals surface area contributed by atoms with Crippen molar-refractivity contribution in [1.29, 1.82) is 0 Å². The fourth-order valence-electron chi connectivity index (χ4n) is 3.12. The smallest absolute Gasteiger partial charge is 0.290 e. The summed E-state index contributed by atoms with van der Waals surface area (Å²) in [5.41, 5.74) is 0.528. The molecule has 7 nitrogen and oxygen atoms in total. The van der Waals surface area contributed by atoms with E-state index in [1.807, 2.05) is 6.07 Å². The molecule has 0 bridgehead atoms. The van der Waals surface area contributed by atoms with Crippen molar-refractivity contribution >= 4 is 35.2 Å². The second kappa shape index (κ2) is 9.17. The number of aromatic nitrogens is 2. The van der Waals surface area contributed by atoms with Crippen LogP contribution in [-0.2, 0) is 0 Å². The van der Waals surface area contributed by atoms with Gasteiger partial charge in [0.05, 0.1) is 24.2 Å². The third kappa shape index (κ3) is 4.05. The minimum Gasteiger partial charge on any atom is -0.495 e. The van der Waals surface area contributed by atoms with Gasteiger partial charge in [0.25, 0.3) is 5.56 Å². The molecule has 0 amide bonds. The zero-order valence-electron chi connectivity index (χ0n) is 16.8. The van der Waals surface area contributed by atoms with E-state index >= 15 is 0 Å². The first-order chi connectivity index (χ1) is 15.5. The minimum atomic E-state index is -0.624.